The second-order valence-corrected chi connectivity index (χ2v) is 12.7. The highest BCUT2D eigenvalue weighted by molar-refractivity contribution is 7.89. The summed E-state index contributed by atoms with van der Waals surface area (Å²) < 4.78 is 37.3. The van der Waals surface area contributed by atoms with Crippen LogP contribution in [0.25, 0.3) is 0 Å². The lowest BCUT2D eigenvalue weighted by atomic mass is 9.86. The molecule has 41 heavy (non-hydrogen) atoms. The third kappa shape index (κ3) is 7.53. The molecule has 3 aromatic rings. The quantitative estimate of drug-likeness (QED) is 0.321. The zero-order chi connectivity index (χ0) is 29.6. The molecular weight excluding hydrogens is 542 g/mol. The van der Waals surface area contributed by atoms with Gasteiger partial charge in [-0.2, -0.15) is 0 Å². The number of aromatic nitrogens is 2. The lowest BCUT2D eigenvalue weighted by Gasteiger charge is -2.23. The van der Waals surface area contributed by atoms with Gasteiger partial charge < -0.3 is 14.8 Å². The van der Waals surface area contributed by atoms with Crippen molar-refractivity contribution in [2.45, 2.75) is 56.8 Å². The fraction of sp³-hybridized carbons (Fsp3) is 0.433. The highest BCUT2D eigenvalue weighted by Gasteiger charge is 2.21. The molecular formula is C30H39N5O5S. The molecule has 0 spiro atoms. The normalized spacial score (nSPS) is 14.1. The van der Waals surface area contributed by atoms with Crippen LogP contribution >= 0.6 is 0 Å². The Morgan fingerprint density at radius 3 is 2.41 bits per heavy atom. The Balaban J connectivity index is 1.58. The third-order valence-electron chi connectivity index (χ3n) is 7.40. The van der Waals surface area contributed by atoms with Crippen LogP contribution in [0.5, 0.6) is 11.5 Å². The minimum absolute atomic E-state index is 0.119. The minimum Gasteiger partial charge on any atom is -0.493 e. The van der Waals surface area contributed by atoms with Gasteiger partial charge in [0.2, 0.25) is 21.9 Å². The van der Waals surface area contributed by atoms with E-state index in [9.17, 15) is 13.2 Å². The largest absolute Gasteiger partial charge is 0.493 e. The van der Waals surface area contributed by atoms with Gasteiger partial charge in [-0.15, -0.1) is 0 Å². The molecule has 2 aromatic carbocycles. The Bertz CT molecular complexity index is 1490. The summed E-state index contributed by atoms with van der Waals surface area (Å²) in [6.45, 7) is 1.92. The summed E-state index contributed by atoms with van der Waals surface area (Å²) in [6.07, 6.45) is 8.39. The maximum atomic E-state index is 12.9. The average molecular weight is 582 g/mol. The second-order valence-electron chi connectivity index (χ2n) is 10.6. The number of ether oxygens (including phenoxy) is 2. The first-order valence-corrected chi connectivity index (χ1v) is 15.2. The minimum atomic E-state index is -3.60. The summed E-state index contributed by atoms with van der Waals surface area (Å²) in [5.74, 6) is 1.61. The Morgan fingerprint density at radius 2 is 1.73 bits per heavy atom. The number of rotatable bonds is 11. The number of aryl methyl sites for hydroxylation is 1. The molecule has 0 saturated heterocycles. The number of nitrogens with zero attached hydrogens (tertiary/aromatic N) is 3. The zero-order valence-corrected chi connectivity index (χ0v) is 25.2. The molecule has 220 valence electrons. The summed E-state index contributed by atoms with van der Waals surface area (Å²) in [4.78, 5) is 22.3. The Hall–Kier alpha value is -3.70. The van der Waals surface area contributed by atoms with Crippen LogP contribution in [0.3, 0.4) is 0 Å². The first kappa shape index (κ1) is 30.3. The Labute approximate surface area is 242 Å². The summed E-state index contributed by atoms with van der Waals surface area (Å²) >= 11 is 0. The second kappa shape index (κ2) is 13.3. The van der Waals surface area contributed by atoms with Crippen LogP contribution in [0, 0.1) is 12.8 Å². The number of carbonyl (C=O) groups excluding carboxylic acids is 1. The molecule has 1 fully saturated rings. The fourth-order valence-electron chi connectivity index (χ4n) is 5.00. The van der Waals surface area contributed by atoms with E-state index in [1.165, 1.54) is 37.7 Å². The number of hydrogen-bond acceptors (Lipinski definition) is 8. The molecule has 10 nitrogen and oxygen atoms in total. The monoisotopic (exact) mass is 581 g/mol. The molecule has 1 saturated carbocycles. The lowest BCUT2D eigenvalue weighted by Crippen LogP contribution is -2.22. The number of sulfonamides is 1. The maximum Gasteiger partial charge on any atom is 0.242 e. The van der Waals surface area contributed by atoms with Crippen LogP contribution in [0.2, 0.25) is 0 Å². The van der Waals surface area contributed by atoms with Crippen molar-refractivity contribution in [2.24, 2.45) is 5.92 Å². The molecule has 1 aliphatic rings. The smallest absolute Gasteiger partial charge is 0.242 e. The number of benzene rings is 2. The van der Waals surface area contributed by atoms with Gasteiger partial charge in [0, 0.05) is 19.8 Å². The maximum absolute atomic E-state index is 12.9. The Kier molecular flexibility index (Phi) is 9.82. The van der Waals surface area contributed by atoms with Gasteiger partial charge >= 0.3 is 0 Å². The van der Waals surface area contributed by atoms with E-state index in [0.717, 1.165) is 36.1 Å². The lowest BCUT2D eigenvalue weighted by molar-refractivity contribution is -0.115. The van der Waals surface area contributed by atoms with E-state index in [1.54, 1.807) is 50.7 Å². The van der Waals surface area contributed by atoms with Gasteiger partial charge in [-0.05, 0) is 54.7 Å². The van der Waals surface area contributed by atoms with E-state index in [2.05, 4.69) is 15.6 Å². The fourth-order valence-corrected chi connectivity index (χ4v) is 5.93. The number of hydrogen-bond donors (Lipinski definition) is 2. The average Bonchev–Trinajstić information content (AvgIpc) is 2.95. The molecule has 0 aliphatic heterocycles. The van der Waals surface area contributed by atoms with Crippen molar-refractivity contribution in [3.8, 4) is 11.5 Å². The number of amides is 1. The van der Waals surface area contributed by atoms with Crippen molar-refractivity contribution >= 4 is 33.3 Å². The molecule has 1 heterocycles. The third-order valence-corrected chi connectivity index (χ3v) is 9.21. The topological polar surface area (TPSA) is 123 Å². The molecule has 0 radical (unpaired) electrons. The molecule has 0 unspecified atom stereocenters. The van der Waals surface area contributed by atoms with Crippen LogP contribution in [0.15, 0.2) is 47.5 Å². The van der Waals surface area contributed by atoms with Crippen molar-refractivity contribution in [3.63, 3.8) is 0 Å². The molecule has 11 heteroatoms. The molecule has 1 aromatic heterocycles. The number of methoxy groups -OCH3 is 2. The molecule has 1 amide bonds. The van der Waals surface area contributed by atoms with Gasteiger partial charge in [0.05, 0.1) is 43.1 Å². The van der Waals surface area contributed by atoms with Gasteiger partial charge in [0.1, 0.15) is 0 Å². The van der Waals surface area contributed by atoms with Crippen molar-refractivity contribution in [3.05, 3.63) is 59.4 Å². The first-order valence-electron chi connectivity index (χ1n) is 13.8. The molecule has 1 aliphatic carbocycles. The SMILES string of the molecule is COc1ccc(CC(=O)Nc2ncc(Nc3cc(S(=O)(=O)N(C)C)ccc3C)c(CC3CCCCC3)n2)cc1OC. The van der Waals surface area contributed by atoms with Crippen molar-refractivity contribution in [2.75, 3.05) is 38.9 Å². The van der Waals surface area contributed by atoms with E-state index in [-0.39, 0.29) is 23.2 Å². The van der Waals surface area contributed by atoms with E-state index < -0.39 is 10.0 Å². The van der Waals surface area contributed by atoms with Crippen LogP contribution < -0.4 is 20.1 Å². The summed E-state index contributed by atoms with van der Waals surface area (Å²) in [6, 6.07) is 10.4. The number of carbonyl (C=O) groups is 1. The van der Waals surface area contributed by atoms with Crippen molar-refractivity contribution < 1.29 is 22.7 Å². The summed E-state index contributed by atoms with van der Waals surface area (Å²) in [5, 5.41) is 6.21. The standard InChI is InChI=1S/C30H39N5O5S/c1-20-11-13-23(41(37,38)35(2)3)18-24(20)32-26-19-31-30(33-25(26)15-21-9-7-6-8-10-21)34-29(36)17-22-12-14-27(39-4)28(16-22)40-5/h11-14,16,18-19,21,32H,6-10,15,17H2,1-5H3,(H,31,33,34,36). The number of anilines is 3. The predicted octanol–water partition coefficient (Wildman–Crippen LogP) is 5.10. The van der Waals surface area contributed by atoms with Crippen molar-refractivity contribution in [1.29, 1.82) is 0 Å². The summed E-state index contributed by atoms with van der Waals surface area (Å²) in [5.41, 5.74) is 3.79. The van der Waals surface area contributed by atoms with Crippen LogP contribution in [0.4, 0.5) is 17.3 Å². The molecule has 2 N–H and O–H groups in total. The Morgan fingerprint density at radius 1 is 1.00 bits per heavy atom. The van der Waals surface area contributed by atoms with Crippen LogP contribution in [-0.4, -0.2) is 56.9 Å². The van der Waals surface area contributed by atoms with Crippen LogP contribution in [-0.2, 0) is 27.7 Å². The zero-order valence-electron chi connectivity index (χ0n) is 24.4. The van der Waals surface area contributed by atoms with Gasteiger partial charge in [-0.3, -0.25) is 10.1 Å². The highest BCUT2D eigenvalue weighted by atomic mass is 32.2. The van der Waals surface area contributed by atoms with E-state index >= 15 is 0 Å². The van der Waals surface area contributed by atoms with Gasteiger partial charge in [0.15, 0.2) is 11.5 Å². The predicted molar refractivity (Wildman–Crippen MR) is 160 cm³/mol. The van der Waals surface area contributed by atoms with Gasteiger partial charge in [0.25, 0.3) is 0 Å². The van der Waals surface area contributed by atoms with Crippen LogP contribution in [0.1, 0.15) is 48.9 Å². The van der Waals surface area contributed by atoms with Gasteiger partial charge in [-0.1, -0.05) is 44.2 Å². The highest BCUT2D eigenvalue weighted by Crippen LogP contribution is 2.32. The van der Waals surface area contributed by atoms with Crippen molar-refractivity contribution in [1.82, 2.24) is 14.3 Å². The molecule has 0 bridgehead atoms. The molecule has 0 atom stereocenters. The first-order chi connectivity index (χ1) is 19.6. The summed E-state index contributed by atoms with van der Waals surface area (Å²) in [7, 11) is 2.54. The van der Waals surface area contributed by atoms with E-state index in [4.69, 9.17) is 14.5 Å². The molecule has 4 rings (SSSR count). The number of nitrogens with one attached hydrogen (secondary N) is 2. The van der Waals surface area contributed by atoms with E-state index in [1.807, 2.05) is 13.0 Å². The van der Waals surface area contributed by atoms with E-state index in [0.29, 0.717) is 28.8 Å². The van der Waals surface area contributed by atoms with Gasteiger partial charge in [-0.25, -0.2) is 22.7 Å².